The molecule has 2 aliphatic carbocycles. The largest absolute Gasteiger partial charge is 0.345 e. The van der Waals surface area contributed by atoms with Crippen molar-refractivity contribution in [3.63, 3.8) is 0 Å². The van der Waals surface area contributed by atoms with Crippen LogP contribution in [-0.4, -0.2) is 34.8 Å². The highest BCUT2D eigenvalue weighted by molar-refractivity contribution is 6.29. The molecule has 72 heavy (non-hydrogen) atoms. The predicted octanol–water partition coefficient (Wildman–Crippen LogP) is 15.6. The van der Waals surface area contributed by atoms with Gasteiger partial charge in [0.15, 0.2) is 0 Å². The molecule has 7 aromatic carbocycles. The summed E-state index contributed by atoms with van der Waals surface area (Å²) in [6, 6.07) is 57.1. The van der Waals surface area contributed by atoms with Gasteiger partial charge in [-0.3, -0.25) is 15.0 Å². The van der Waals surface area contributed by atoms with Crippen molar-refractivity contribution in [1.82, 2.24) is 15.0 Å². The summed E-state index contributed by atoms with van der Waals surface area (Å²) in [5, 5.41) is 6.48. The smallest absolute Gasteiger partial charge is 0.103 e. The van der Waals surface area contributed by atoms with E-state index in [2.05, 4.69) is 216 Å². The van der Waals surface area contributed by atoms with Crippen LogP contribution in [0.1, 0.15) is 35.7 Å². The molecule has 0 bridgehead atoms. The third-order valence-corrected chi connectivity index (χ3v) is 15.5. The number of anilines is 8. The molecule has 10 aromatic rings. The lowest BCUT2D eigenvalue weighted by Gasteiger charge is -2.41. The van der Waals surface area contributed by atoms with E-state index in [1.165, 1.54) is 17.1 Å². The lowest BCUT2D eigenvalue weighted by Crippen LogP contribution is -2.32. The van der Waals surface area contributed by atoms with Gasteiger partial charge in [0.05, 0.1) is 68.0 Å². The normalized spacial score (nSPS) is 17.5. The van der Waals surface area contributed by atoms with Crippen LogP contribution < -0.4 is 19.6 Å². The van der Waals surface area contributed by atoms with E-state index < -0.39 is 0 Å². The number of allylic oxidation sites excluding steroid dienone is 4. The zero-order chi connectivity index (χ0) is 47.6. The molecule has 0 radical (unpaired) electrons. The van der Waals surface area contributed by atoms with Crippen molar-refractivity contribution in [2.75, 3.05) is 33.7 Å². The van der Waals surface area contributed by atoms with Crippen LogP contribution in [0.2, 0.25) is 0 Å². The number of hydrogen-bond donors (Lipinski definition) is 0. The summed E-state index contributed by atoms with van der Waals surface area (Å²) in [7, 11) is 4.37. The minimum Gasteiger partial charge on any atom is -0.345 e. The number of nitrogens with zero attached hydrogens (tertiary/aromatic N) is 8. The van der Waals surface area contributed by atoms with Gasteiger partial charge in [-0.1, -0.05) is 103 Å². The molecule has 0 spiro atoms. The van der Waals surface area contributed by atoms with Gasteiger partial charge >= 0.3 is 0 Å². The standard InChI is InChI=1S/C64H46N8/c1-69-51-15-3-7-19-55(51)71(56-20-8-4-16-52(56)69)43-29-31-45-47(37-43)59(49-33-27-41-25-23-39-13-11-35-65-61(39)63(41)67-49)46-32-30-44(72-57-21-9-5-17-53(57)70(2)54-18-6-10-22-58(54)72)38-48(46)60(45)50-34-28-42-26-24-40-14-12-36-66-62(40)64(42)68-50/h3-5,7-17,19-38,42,64H,6,18H2,1-2H3. The fourth-order valence-corrected chi connectivity index (χ4v) is 12.2. The van der Waals surface area contributed by atoms with E-state index in [0.717, 1.165) is 130 Å². The molecule has 2 unspecified atom stereocenters. The average molecular weight is 927 g/mol. The Hall–Kier alpha value is -9.14. The van der Waals surface area contributed by atoms with Crippen molar-refractivity contribution in [3.05, 3.63) is 229 Å². The zero-order valence-electron chi connectivity index (χ0n) is 39.8. The molecule has 0 saturated heterocycles. The van der Waals surface area contributed by atoms with Gasteiger partial charge < -0.3 is 19.6 Å². The maximum atomic E-state index is 5.76. The third-order valence-electron chi connectivity index (χ3n) is 15.5. The van der Waals surface area contributed by atoms with Gasteiger partial charge in [0.1, 0.15) is 6.04 Å². The third kappa shape index (κ3) is 5.99. The number of pyridine rings is 3. The summed E-state index contributed by atoms with van der Waals surface area (Å²) in [6.07, 6.45) is 19.4. The highest BCUT2D eigenvalue weighted by atomic mass is 15.3. The van der Waals surface area contributed by atoms with E-state index in [1.807, 2.05) is 24.5 Å². The number of rotatable bonds is 4. The van der Waals surface area contributed by atoms with Crippen molar-refractivity contribution in [3.8, 4) is 11.3 Å². The number of benzene rings is 7. The summed E-state index contributed by atoms with van der Waals surface area (Å²) >= 11 is 0. The van der Waals surface area contributed by atoms with Crippen LogP contribution in [-0.2, 0) is 0 Å². The molecule has 3 aliphatic heterocycles. The Morgan fingerprint density at radius 3 is 1.88 bits per heavy atom. The first-order chi connectivity index (χ1) is 35.6. The second-order valence-corrected chi connectivity index (χ2v) is 19.4. The molecular weight excluding hydrogens is 881 g/mol. The van der Waals surface area contributed by atoms with Crippen LogP contribution in [0.5, 0.6) is 0 Å². The van der Waals surface area contributed by atoms with Gasteiger partial charge in [-0.25, -0.2) is 4.98 Å². The molecule has 2 atom stereocenters. The Bertz CT molecular complexity index is 4100. The fourth-order valence-electron chi connectivity index (χ4n) is 12.2. The summed E-state index contributed by atoms with van der Waals surface area (Å²) in [5.74, 6) is 0.100. The van der Waals surface area contributed by atoms with Crippen LogP contribution in [0.15, 0.2) is 217 Å². The molecule has 0 N–H and O–H groups in total. The number of aliphatic imine (C=N–C) groups is 1. The number of aromatic nitrogens is 3. The topological polar surface area (TPSA) is 64.0 Å². The van der Waals surface area contributed by atoms with Gasteiger partial charge in [0.2, 0.25) is 0 Å². The summed E-state index contributed by atoms with van der Waals surface area (Å²) in [4.78, 5) is 30.8. The first-order valence-corrected chi connectivity index (χ1v) is 24.9. The fraction of sp³-hybridized carbons (Fsp3) is 0.0938. The minimum atomic E-state index is -0.163. The van der Waals surface area contributed by atoms with Crippen LogP contribution in [0.4, 0.5) is 45.5 Å². The molecule has 15 rings (SSSR count). The van der Waals surface area contributed by atoms with Crippen LogP contribution >= 0.6 is 0 Å². The Kier molecular flexibility index (Phi) is 8.87. The van der Waals surface area contributed by atoms with Gasteiger partial charge in [0.25, 0.3) is 0 Å². The Morgan fingerprint density at radius 2 is 1.11 bits per heavy atom. The van der Waals surface area contributed by atoms with E-state index >= 15 is 0 Å². The first-order valence-electron chi connectivity index (χ1n) is 24.9. The zero-order valence-corrected chi connectivity index (χ0v) is 39.8. The highest BCUT2D eigenvalue weighted by Gasteiger charge is 2.34. The molecule has 3 aromatic heterocycles. The van der Waals surface area contributed by atoms with Crippen molar-refractivity contribution in [2.24, 2.45) is 10.9 Å². The number of fused-ring (bicyclic) bond motifs is 11. The number of para-hydroxylation sites is 6. The number of hydrogen-bond acceptors (Lipinski definition) is 8. The summed E-state index contributed by atoms with van der Waals surface area (Å²) < 4.78 is 0. The average Bonchev–Trinajstić information content (AvgIpc) is 3.44. The maximum Gasteiger partial charge on any atom is 0.103 e. The van der Waals surface area contributed by atoms with E-state index in [9.17, 15) is 0 Å². The molecule has 0 saturated carbocycles. The lowest BCUT2D eigenvalue weighted by atomic mass is 9.83. The Morgan fingerprint density at radius 1 is 0.500 bits per heavy atom. The monoisotopic (exact) mass is 926 g/mol. The van der Waals surface area contributed by atoms with Gasteiger partial charge in [-0.2, -0.15) is 0 Å². The Balaban J connectivity index is 1.06. The Labute approximate surface area is 417 Å². The van der Waals surface area contributed by atoms with Gasteiger partial charge in [-0.15, -0.1) is 0 Å². The second kappa shape index (κ2) is 15.7. The SMILES string of the molecule is CN1C2=C(C=CCC2)N(c2ccc3c(-c4ccc5ccc6cccnc6c5n4)c4cc(N5c6ccccc6N(C)c6ccccc65)ccc4c(C4=NC5c6ncccc6C=CC5C=C4)c3c2)c2ccccc21. The number of dihydropyridines is 1. The van der Waals surface area contributed by atoms with Gasteiger partial charge in [-0.05, 0) is 131 Å². The van der Waals surface area contributed by atoms with E-state index in [0.29, 0.717) is 0 Å². The molecule has 8 nitrogen and oxygen atoms in total. The predicted molar refractivity (Wildman–Crippen MR) is 298 cm³/mol. The molecule has 342 valence electrons. The van der Waals surface area contributed by atoms with Crippen LogP contribution in [0, 0.1) is 5.92 Å². The molecule has 0 amide bonds. The minimum absolute atomic E-state index is 0.100. The quantitative estimate of drug-likeness (QED) is 0.129. The highest BCUT2D eigenvalue weighted by Crippen LogP contribution is 2.53. The molecule has 5 aliphatic rings. The van der Waals surface area contributed by atoms with Crippen LogP contribution in [0.3, 0.4) is 0 Å². The molecule has 0 fully saturated rings. The van der Waals surface area contributed by atoms with Crippen molar-refractivity contribution in [2.45, 2.75) is 18.9 Å². The van der Waals surface area contributed by atoms with Crippen molar-refractivity contribution in [1.29, 1.82) is 0 Å². The maximum absolute atomic E-state index is 5.76. The van der Waals surface area contributed by atoms with E-state index in [4.69, 9.17) is 19.9 Å². The molecule has 8 heteroatoms. The molecule has 6 heterocycles. The van der Waals surface area contributed by atoms with Crippen molar-refractivity contribution < 1.29 is 0 Å². The summed E-state index contributed by atoms with van der Waals surface area (Å²) in [6.45, 7) is 0. The van der Waals surface area contributed by atoms with Crippen molar-refractivity contribution >= 4 is 101 Å². The van der Waals surface area contributed by atoms with E-state index in [-0.39, 0.29) is 12.0 Å². The summed E-state index contributed by atoms with van der Waals surface area (Å²) in [5.41, 5.74) is 19.4. The van der Waals surface area contributed by atoms with Gasteiger partial charge in [0, 0.05) is 71.4 Å². The lowest BCUT2D eigenvalue weighted by molar-refractivity contribution is 0.591. The second-order valence-electron chi connectivity index (χ2n) is 19.4. The molecular formula is C64H46N8. The first kappa shape index (κ1) is 40.7. The van der Waals surface area contributed by atoms with E-state index in [1.54, 1.807) is 0 Å². The van der Waals surface area contributed by atoms with Crippen LogP contribution in [0.25, 0.3) is 60.7 Å².